The molecule has 0 amide bonds. The van der Waals surface area contributed by atoms with Crippen molar-refractivity contribution in [2.24, 2.45) is 0 Å². The number of para-hydroxylation sites is 1. The van der Waals surface area contributed by atoms with Gasteiger partial charge in [-0.2, -0.15) is 0 Å². The molecule has 0 spiro atoms. The zero-order valence-electron chi connectivity index (χ0n) is 24.0. The number of rotatable bonds is 8. The van der Waals surface area contributed by atoms with Crippen LogP contribution in [0.5, 0.6) is 17.2 Å². The molecule has 2 fully saturated rings. The van der Waals surface area contributed by atoms with Gasteiger partial charge in [0.05, 0.1) is 5.39 Å². The van der Waals surface area contributed by atoms with Gasteiger partial charge in [0, 0.05) is 12.5 Å². The Morgan fingerprint density at radius 3 is 1.81 bits per heavy atom. The van der Waals surface area contributed by atoms with E-state index >= 15 is 0 Å². The topological polar surface area (TPSA) is 289 Å². The van der Waals surface area contributed by atoms with Crippen LogP contribution in [0.25, 0.3) is 22.3 Å². The minimum absolute atomic E-state index is 0.0238. The lowest BCUT2D eigenvalue weighted by atomic mass is 9.99. The number of hydrogen-bond acceptors (Lipinski definition) is 16. The number of ether oxygens (including phenoxy) is 5. The Morgan fingerprint density at radius 1 is 0.702 bits per heavy atom. The molecular weight excluding hydrogens is 636 g/mol. The first-order chi connectivity index (χ1) is 22.2. The zero-order valence-corrected chi connectivity index (χ0v) is 24.0. The van der Waals surface area contributed by atoms with E-state index in [0.29, 0.717) is 0 Å². The largest absolute Gasteiger partial charge is 0.479 e. The highest BCUT2D eigenvalue weighted by atomic mass is 16.7. The minimum atomic E-state index is -2.06. The molecule has 1 aromatic heterocycles. The van der Waals surface area contributed by atoms with Gasteiger partial charge in [0.15, 0.2) is 29.5 Å². The number of hydrogen-bond donors (Lipinski definition) is 8. The van der Waals surface area contributed by atoms with Gasteiger partial charge >= 0.3 is 17.9 Å². The summed E-state index contributed by atoms with van der Waals surface area (Å²) >= 11 is 0. The number of aliphatic carboxylic acids is 2. The zero-order chi connectivity index (χ0) is 34.3. The van der Waals surface area contributed by atoms with E-state index in [-0.39, 0.29) is 28.0 Å². The van der Waals surface area contributed by atoms with E-state index in [2.05, 4.69) is 0 Å². The monoisotopic (exact) mass is 664 g/mol. The van der Waals surface area contributed by atoms with Crippen molar-refractivity contribution in [3.05, 3.63) is 52.7 Å². The Hall–Kier alpha value is -4.66. The quantitative estimate of drug-likeness (QED) is 0.0947. The lowest BCUT2D eigenvalue weighted by Crippen LogP contribution is -2.61. The lowest BCUT2D eigenvalue weighted by molar-refractivity contribution is -0.271. The Morgan fingerprint density at radius 2 is 1.26 bits per heavy atom. The van der Waals surface area contributed by atoms with Crippen molar-refractivity contribution < 1.29 is 83.3 Å². The number of esters is 1. The number of carboxylic acids is 2. The maximum Gasteiger partial charge on any atom is 0.335 e. The minimum Gasteiger partial charge on any atom is -0.479 e. The maximum absolute atomic E-state index is 13.6. The average molecular weight is 665 g/mol. The van der Waals surface area contributed by atoms with Crippen LogP contribution in [0.15, 0.2) is 51.7 Å². The van der Waals surface area contributed by atoms with Gasteiger partial charge in [-0.1, -0.05) is 12.1 Å². The molecule has 0 radical (unpaired) electrons. The summed E-state index contributed by atoms with van der Waals surface area (Å²) in [5.74, 6) is -6.05. The number of benzene rings is 2. The molecule has 3 heterocycles. The van der Waals surface area contributed by atoms with Crippen molar-refractivity contribution in [2.75, 3.05) is 0 Å². The standard InChI is InChI=1S/C29H28O18/c1-9(30)42-14-8-10(6-7-13(14)44-28-20(36)16(32)18(34)24(46-28)26(38)39)22-23(15(31)11-4-2-3-5-12(11)43-22)45-29-21(37)17(33)19(35)25(47-29)27(40)41/h2-8,16-21,24-25,28-29,32-37H,1H3,(H,38,39)(H,40,41)/t16-,17-,18-,19-,20+,21+,24-,25-,28+,29+/m1/s1. The van der Waals surface area contributed by atoms with Crippen molar-refractivity contribution >= 4 is 28.9 Å². The van der Waals surface area contributed by atoms with Gasteiger partial charge < -0.3 is 69.0 Å². The molecule has 10 atom stereocenters. The smallest absolute Gasteiger partial charge is 0.335 e. The van der Waals surface area contributed by atoms with Crippen molar-refractivity contribution in [1.29, 1.82) is 0 Å². The Labute approximate surface area is 262 Å². The molecule has 252 valence electrons. The van der Waals surface area contributed by atoms with E-state index in [9.17, 15) is 60.0 Å². The third-order valence-corrected chi connectivity index (χ3v) is 7.32. The van der Waals surface area contributed by atoms with E-state index in [1.807, 2.05) is 0 Å². The second kappa shape index (κ2) is 13.2. The van der Waals surface area contributed by atoms with Crippen molar-refractivity contribution in [1.82, 2.24) is 0 Å². The van der Waals surface area contributed by atoms with Crippen LogP contribution in [0, 0.1) is 0 Å². The molecule has 0 unspecified atom stereocenters. The first kappa shape index (κ1) is 33.7. The van der Waals surface area contributed by atoms with Crippen molar-refractivity contribution in [2.45, 2.75) is 68.3 Å². The molecule has 8 N–H and O–H groups in total. The van der Waals surface area contributed by atoms with E-state index in [1.54, 1.807) is 6.07 Å². The van der Waals surface area contributed by atoms with Crippen molar-refractivity contribution in [3.8, 4) is 28.6 Å². The highest BCUT2D eigenvalue weighted by Gasteiger charge is 2.49. The maximum atomic E-state index is 13.6. The molecule has 3 aromatic rings. The first-order valence-electron chi connectivity index (χ1n) is 13.8. The fourth-order valence-electron chi connectivity index (χ4n) is 4.94. The molecule has 0 bridgehead atoms. The third-order valence-electron chi connectivity index (χ3n) is 7.32. The van der Waals surface area contributed by atoms with Gasteiger partial charge in [-0.15, -0.1) is 0 Å². The molecule has 2 saturated heterocycles. The summed E-state index contributed by atoms with van der Waals surface area (Å²) in [6, 6.07) is 9.32. The second-order valence-corrected chi connectivity index (χ2v) is 10.5. The summed E-state index contributed by atoms with van der Waals surface area (Å²) in [6.45, 7) is 1.02. The summed E-state index contributed by atoms with van der Waals surface area (Å²) in [6.07, 6.45) is -20.1. The van der Waals surface area contributed by atoms with Gasteiger partial charge in [-0.05, 0) is 30.3 Å². The predicted octanol–water partition coefficient (Wildman–Crippen LogP) is -2.07. The van der Waals surface area contributed by atoms with Gasteiger partial charge in [-0.3, -0.25) is 9.59 Å². The summed E-state index contributed by atoms with van der Waals surface area (Å²) in [5.41, 5.74) is -0.870. The number of carbonyl (C=O) groups excluding carboxylic acids is 1. The molecule has 2 aromatic carbocycles. The highest BCUT2D eigenvalue weighted by molar-refractivity contribution is 5.83. The SMILES string of the molecule is CC(=O)Oc1cc(-c2oc3ccccc3c(=O)c2O[C@H]2O[C@@H](C(=O)O)[C@H](O)[C@@H](O)[C@@H]2O)ccc1O[C@H]1O[C@@H](C(=O)O)[C@H](O)[C@@H](O)[C@@H]1O. The number of carbonyl (C=O) groups is 3. The van der Waals surface area contributed by atoms with Crippen LogP contribution >= 0.6 is 0 Å². The van der Waals surface area contributed by atoms with Crippen LogP contribution in [-0.2, 0) is 23.9 Å². The van der Waals surface area contributed by atoms with Crippen LogP contribution in [0.1, 0.15) is 6.92 Å². The fourth-order valence-corrected chi connectivity index (χ4v) is 4.94. The number of aliphatic hydroxyl groups excluding tert-OH is 6. The Balaban J connectivity index is 1.58. The van der Waals surface area contributed by atoms with Crippen LogP contribution in [-0.4, -0.2) is 120 Å². The Kier molecular flexibility index (Phi) is 9.48. The van der Waals surface area contributed by atoms with Gasteiger partial charge in [-0.25, -0.2) is 9.59 Å². The number of fused-ring (bicyclic) bond motifs is 1. The molecule has 2 aliphatic rings. The third kappa shape index (κ3) is 6.48. The first-order valence-corrected chi connectivity index (χ1v) is 13.8. The number of carboxylic acid groups (broad SMARTS) is 2. The molecular formula is C29H28O18. The van der Waals surface area contributed by atoms with Gasteiger partial charge in [0.2, 0.25) is 23.8 Å². The number of aliphatic hydroxyl groups is 6. The molecule has 18 heteroatoms. The van der Waals surface area contributed by atoms with Crippen LogP contribution in [0.4, 0.5) is 0 Å². The highest BCUT2D eigenvalue weighted by Crippen LogP contribution is 2.39. The fraction of sp³-hybridized carbons (Fsp3) is 0.379. The van der Waals surface area contributed by atoms with E-state index < -0.39 is 96.2 Å². The average Bonchev–Trinajstić information content (AvgIpc) is 3.02. The van der Waals surface area contributed by atoms with Crippen LogP contribution in [0.3, 0.4) is 0 Å². The van der Waals surface area contributed by atoms with Crippen LogP contribution in [0.2, 0.25) is 0 Å². The van der Waals surface area contributed by atoms with E-state index in [4.69, 9.17) is 28.1 Å². The summed E-state index contributed by atoms with van der Waals surface area (Å²) in [7, 11) is 0. The van der Waals surface area contributed by atoms with E-state index in [1.165, 1.54) is 24.3 Å². The predicted molar refractivity (Wildman–Crippen MR) is 149 cm³/mol. The van der Waals surface area contributed by atoms with Crippen LogP contribution < -0.4 is 19.6 Å². The summed E-state index contributed by atoms with van der Waals surface area (Å²) in [4.78, 5) is 48.7. The molecule has 18 nitrogen and oxygen atoms in total. The normalized spacial score (nSPS) is 30.8. The Bertz CT molecular complexity index is 1740. The molecule has 0 aliphatic carbocycles. The van der Waals surface area contributed by atoms with E-state index in [0.717, 1.165) is 19.1 Å². The summed E-state index contributed by atoms with van der Waals surface area (Å²) < 4.78 is 32.6. The van der Waals surface area contributed by atoms with Gasteiger partial charge in [0.25, 0.3) is 0 Å². The van der Waals surface area contributed by atoms with Crippen molar-refractivity contribution in [3.63, 3.8) is 0 Å². The molecule has 2 aliphatic heterocycles. The summed E-state index contributed by atoms with van der Waals surface area (Å²) in [5, 5.41) is 80.0. The molecule has 5 rings (SSSR count). The van der Waals surface area contributed by atoms with Gasteiger partial charge in [0.1, 0.15) is 42.2 Å². The lowest BCUT2D eigenvalue weighted by Gasteiger charge is -2.38. The molecule has 0 saturated carbocycles. The second-order valence-electron chi connectivity index (χ2n) is 10.5. The molecule has 47 heavy (non-hydrogen) atoms.